The SMILES string of the molecule is Cc1nc(N2CC3CN(C(=O)c4c(F)cccc4-c4ncccn4)CC3C2)nc(C(C)(C)O)c1F. The molecule has 2 atom stereocenters. The Labute approximate surface area is 201 Å². The van der Waals surface area contributed by atoms with Crippen LogP contribution < -0.4 is 4.90 Å². The first-order chi connectivity index (χ1) is 16.6. The minimum atomic E-state index is -1.44. The van der Waals surface area contributed by atoms with Crippen LogP contribution in [0.25, 0.3) is 11.4 Å². The Kier molecular flexibility index (Phi) is 5.71. The quantitative estimate of drug-likeness (QED) is 0.614. The monoisotopic (exact) mass is 480 g/mol. The van der Waals surface area contributed by atoms with Gasteiger partial charge in [0.25, 0.3) is 5.91 Å². The van der Waals surface area contributed by atoms with Crippen LogP contribution in [0.3, 0.4) is 0 Å². The van der Waals surface area contributed by atoms with Crippen molar-refractivity contribution in [2.45, 2.75) is 26.4 Å². The third-order valence-electron chi connectivity index (χ3n) is 6.68. The molecule has 0 radical (unpaired) electrons. The van der Waals surface area contributed by atoms with Gasteiger partial charge in [0, 0.05) is 56.0 Å². The molecule has 0 spiro atoms. The number of aryl methyl sites for hydroxylation is 1. The molecule has 10 heteroatoms. The van der Waals surface area contributed by atoms with Crippen LogP contribution in [0, 0.1) is 30.4 Å². The van der Waals surface area contributed by atoms with E-state index in [0.29, 0.717) is 43.5 Å². The van der Waals surface area contributed by atoms with Crippen LogP contribution in [0.2, 0.25) is 0 Å². The van der Waals surface area contributed by atoms with E-state index in [2.05, 4.69) is 19.9 Å². The van der Waals surface area contributed by atoms with Crippen molar-refractivity contribution in [2.24, 2.45) is 11.8 Å². The summed E-state index contributed by atoms with van der Waals surface area (Å²) in [6, 6.07) is 6.13. The van der Waals surface area contributed by atoms with E-state index in [0.717, 1.165) is 0 Å². The molecular formula is C25H26F2N6O2. The lowest BCUT2D eigenvalue weighted by molar-refractivity contribution is 0.0690. The van der Waals surface area contributed by atoms with Crippen molar-refractivity contribution in [3.8, 4) is 11.4 Å². The van der Waals surface area contributed by atoms with E-state index in [1.807, 2.05) is 4.90 Å². The minimum Gasteiger partial charge on any atom is -0.384 e. The first-order valence-electron chi connectivity index (χ1n) is 11.5. The van der Waals surface area contributed by atoms with Gasteiger partial charge in [-0.2, -0.15) is 0 Å². The first-order valence-corrected chi connectivity index (χ1v) is 11.5. The van der Waals surface area contributed by atoms with Crippen molar-refractivity contribution in [2.75, 3.05) is 31.1 Å². The number of hydrogen-bond donors (Lipinski definition) is 1. The number of amides is 1. The summed E-state index contributed by atoms with van der Waals surface area (Å²) in [5.74, 6) is -0.653. The van der Waals surface area contributed by atoms with Gasteiger partial charge in [0.15, 0.2) is 11.6 Å². The van der Waals surface area contributed by atoms with E-state index < -0.39 is 17.2 Å². The van der Waals surface area contributed by atoms with Crippen molar-refractivity contribution in [1.29, 1.82) is 0 Å². The molecule has 1 amide bonds. The molecule has 2 aliphatic rings. The minimum absolute atomic E-state index is 0.0251. The number of aromatic nitrogens is 4. The third kappa shape index (κ3) is 4.22. The van der Waals surface area contributed by atoms with Gasteiger partial charge in [0.05, 0.1) is 11.3 Å². The number of likely N-dealkylation sites (tertiary alicyclic amines) is 1. The second-order valence-electron chi connectivity index (χ2n) is 9.70. The maximum absolute atomic E-state index is 14.8. The van der Waals surface area contributed by atoms with Crippen LogP contribution in [0.5, 0.6) is 0 Å². The molecule has 2 saturated heterocycles. The first kappa shape index (κ1) is 23.2. The molecule has 182 valence electrons. The van der Waals surface area contributed by atoms with Gasteiger partial charge in [0.2, 0.25) is 5.95 Å². The zero-order chi connectivity index (χ0) is 24.9. The van der Waals surface area contributed by atoms with Crippen LogP contribution in [0.4, 0.5) is 14.7 Å². The zero-order valence-electron chi connectivity index (χ0n) is 19.7. The molecule has 0 bridgehead atoms. The van der Waals surface area contributed by atoms with E-state index >= 15 is 0 Å². The van der Waals surface area contributed by atoms with Crippen LogP contribution in [0.1, 0.15) is 35.6 Å². The highest BCUT2D eigenvalue weighted by molar-refractivity contribution is 6.00. The number of benzene rings is 1. The number of aliphatic hydroxyl groups is 1. The van der Waals surface area contributed by atoms with E-state index in [1.165, 1.54) is 19.9 Å². The van der Waals surface area contributed by atoms with Crippen LogP contribution in [-0.2, 0) is 5.60 Å². The summed E-state index contributed by atoms with van der Waals surface area (Å²) in [4.78, 5) is 34.0. The lowest BCUT2D eigenvalue weighted by Gasteiger charge is -2.25. The van der Waals surface area contributed by atoms with Crippen molar-refractivity contribution < 1.29 is 18.7 Å². The lowest BCUT2D eigenvalue weighted by atomic mass is 10.0. The summed E-state index contributed by atoms with van der Waals surface area (Å²) in [7, 11) is 0. The largest absolute Gasteiger partial charge is 0.384 e. The van der Waals surface area contributed by atoms with Crippen molar-refractivity contribution in [1.82, 2.24) is 24.8 Å². The molecule has 2 fully saturated rings. The lowest BCUT2D eigenvalue weighted by Crippen LogP contribution is -2.35. The van der Waals surface area contributed by atoms with Crippen molar-refractivity contribution >= 4 is 11.9 Å². The van der Waals surface area contributed by atoms with E-state index in [-0.39, 0.29) is 34.7 Å². The number of halogens is 2. The maximum Gasteiger partial charge on any atom is 0.257 e. The Morgan fingerprint density at radius 1 is 1.03 bits per heavy atom. The van der Waals surface area contributed by atoms with Gasteiger partial charge in [-0.05, 0) is 32.9 Å². The number of carbonyl (C=O) groups excluding carboxylic acids is 1. The zero-order valence-corrected chi connectivity index (χ0v) is 19.7. The van der Waals surface area contributed by atoms with Crippen molar-refractivity contribution in [3.63, 3.8) is 0 Å². The molecule has 0 aliphatic carbocycles. The highest BCUT2D eigenvalue weighted by atomic mass is 19.1. The molecule has 35 heavy (non-hydrogen) atoms. The second-order valence-corrected chi connectivity index (χ2v) is 9.70. The molecule has 4 heterocycles. The maximum atomic E-state index is 14.8. The van der Waals surface area contributed by atoms with E-state index in [9.17, 15) is 18.7 Å². The Hall–Kier alpha value is -3.53. The summed E-state index contributed by atoms with van der Waals surface area (Å²) >= 11 is 0. The van der Waals surface area contributed by atoms with Gasteiger partial charge in [-0.3, -0.25) is 4.79 Å². The molecule has 0 saturated carbocycles. The number of hydrogen-bond acceptors (Lipinski definition) is 7. The van der Waals surface area contributed by atoms with Gasteiger partial charge < -0.3 is 14.9 Å². The summed E-state index contributed by atoms with van der Waals surface area (Å²) in [6.07, 6.45) is 3.11. The number of fused-ring (bicyclic) bond motifs is 1. The van der Waals surface area contributed by atoms with Crippen LogP contribution >= 0.6 is 0 Å². The molecule has 3 aromatic rings. The molecule has 1 N–H and O–H groups in total. The summed E-state index contributed by atoms with van der Waals surface area (Å²) in [5, 5.41) is 10.3. The van der Waals surface area contributed by atoms with E-state index in [1.54, 1.807) is 42.4 Å². The van der Waals surface area contributed by atoms with Gasteiger partial charge >= 0.3 is 0 Å². The van der Waals surface area contributed by atoms with E-state index in [4.69, 9.17) is 0 Å². The highest BCUT2D eigenvalue weighted by Gasteiger charge is 2.43. The second kappa shape index (κ2) is 8.60. The fraction of sp³-hybridized carbons (Fsp3) is 0.400. The Morgan fingerprint density at radius 3 is 2.31 bits per heavy atom. The molecule has 2 aliphatic heterocycles. The third-order valence-corrected chi connectivity index (χ3v) is 6.68. The van der Waals surface area contributed by atoms with Gasteiger partial charge in [-0.25, -0.2) is 28.7 Å². The molecule has 2 unspecified atom stereocenters. The average molecular weight is 481 g/mol. The standard InChI is InChI=1S/C25H26F2N6O2/c1-14-20(27)21(25(2,3)35)31-24(30-14)33-12-15-10-32(11-16(15)13-33)23(34)19-17(6-4-7-18(19)26)22-28-8-5-9-29-22/h4-9,15-16,35H,10-13H2,1-3H3. The number of carbonyl (C=O) groups is 1. The van der Waals surface area contributed by atoms with Crippen LogP contribution in [-0.4, -0.2) is 62.0 Å². The predicted octanol–water partition coefficient (Wildman–Crippen LogP) is 2.96. The Bertz CT molecular complexity index is 1270. The van der Waals surface area contributed by atoms with Crippen LogP contribution in [0.15, 0.2) is 36.7 Å². The Balaban J connectivity index is 1.35. The summed E-state index contributed by atoms with van der Waals surface area (Å²) < 4.78 is 29.3. The van der Waals surface area contributed by atoms with Crippen molar-refractivity contribution in [3.05, 3.63) is 65.2 Å². The Morgan fingerprint density at radius 2 is 1.69 bits per heavy atom. The highest BCUT2D eigenvalue weighted by Crippen LogP contribution is 2.36. The molecule has 5 rings (SSSR count). The average Bonchev–Trinajstić information content (AvgIpc) is 3.39. The predicted molar refractivity (Wildman–Crippen MR) is 124 cm³/mol. The molecule has 1 aromatic carbocycles. The number of nitrogens with zero attached hydrogens (tertiary/aromatic N) is 6. The van der Waals surface area contributed by atoms with Gasteiger partial charge in [0.1, 0.15) is 17.1 Å². The van der Waals surface area contributed by atoms with Gasteiger partial charge in [-0.1, -0.05) is 12.1 Å². The topological polar surface area (TPSA) is 95.3 Å². The summed E-state index contributed by atoms with van der Waals surface area (Å²) in [5.41, 5.74) is -0.961. The summed E-state index contributed by atoms with van der Waals surface area (Å²) in [6.45, 7) is 6.61. The fourth-order valence-corrected chi connectivity index (χ4v) is 4.94. The smallest absolute Gasteiger partial charge is 0.257 e. The normalized spacial score (nSPS) is 19.8. The number of rotatable bonds is 4. The molecular weight excluding hydrogens is 454 g/mol. The molecule has 2 aromatic heterocycles. The molecule has 8 nitrogen and oxygen atoms in total. The fourth-order valence-electron chi connectivity index (χ4n) is 4.94. The van der Waals surface area contributed by atoms with Gasteiger partial charge in [-0.15, -0.1) is 0 Å². The number of anilines is 1.